The van der Waals surface area contributed by atoms with Crippen molar-refractivity contribution in [2.45, 2.75) is 32.2 Å². The van der Waals surface area contributed by atoms with Crippen LogP contribution in [-0.2, 0) is 6.54 Å². The molecule has 0 aliphatic heterocycles. The van der Waals surface area contributed by atoms with E-state index in [0.717, 1.165) is 40.8 Å². The number of aromatic amines is 1. The minimum Gasteiger partial charge on any atom is -0.322 e. The van der Waals surface area contributed by atoms with Gasteiger partial charge in [0.05, 0.1) is 0 Å². The number of H-pyrrole nitrogens is 1. The van der Waals surface area contributed by atoms with Crippen LogP contribution in [0.1, 0.15) is 31.2 Å². The molecule has 2 aliphatic rings. The lowest BCUT2D eigenvalue weighted by molar-refractivity contribution is 0.318. The van der Waals surface area contributed by atoms with Gasteiger partial charge in [-0.1, -0.05) is 24.6 Å². The summed E-state index contributed by atoms with van der Waals surface area (Å²) in [5.41, 5.74) is 1.80. The summed E-state index contributed by atoms with van der Waals surface area (Å²) in [6, 6.07) is 9.97. The highest BCUT2D eigenvalue weighted by molar-refractivity contribution is 5.78. The van der Waals surface area contributed by atoms with Gasteiger partial charge in [0.15, 0.2) is 0 Å². The van der Waals surface area contributed by atoms with Gasteiger partial charge in [0.25, 0.3) is 5.56 Å². The average molecular weight is 282 g/mol. The van der Waals surface area contributed by atoms with E-state index >= 15 is 0 Å². The number of rotatable bonds is 4. The number of fused-ring (bicyclic) bond motifs is 3. The molecule has 0 spiro atoms. The molecule has 110 valence electrons. The maximum Gasteiger partial charge on any atom is 0.252 e. The molecule has 2 N–H and O–H groups in total. The van der Waals surface area contributed by atoms with Gasteiger partial charge in [-0.25, -0.2) is 0 Å². The van der Waals surface area contributed by atoms with Crippen molar-refractivity contribution in [1.29, 1.82) is 0 Å². The van der Waals surface area contributed by atoms with Crippen LogP contribution in [0.4, 0.5) is 0 Å². The standard InChI is InChI=1S/C18H22N2O/c21-18-16(9-14-3-1-2-4-17(14)20-18)11-19-10-15-8-12-5-6-13(15)7-12/h1-4,9,12-13,15,19H,5-8,10-11H2,(H,20,21). The van der Waals surface area contributed by atoms with Gasteiger partial charge in [0, 0.05) is 17.6 Å². The lowest BCUT2D eigenvalue weighted by atomic mass is 9.89. The Labute approximate surface area is 124 Å². The highest BCUT2D eigenvalue weighted by Crippen LogP contribution is 2.47. The largest absolute Gasteiger partial charge is 0.322 e. The fourth-order valence-corrected chi connectivity index (χ4v) is 4.34. The van der Waals surface area contributed by atoms with Crippen LogP contribution in [0, 0.1) is 17.8 Å². The van der Waals surface area contributed by atoms with Crippen molar-refractivity contribution in [1.82, 2.24) is 10.3 Å². The Morgan fingerprint density at radius 3 is 2.90 bits per heavy atom. The SMILES string of the molecule is O=c1[nH]c2ccccc2cc1CNCC1CC2CCC1C2. The Hall–Kier alpha value is -1.61. The maximum atomic E-state index is 12.1. The predicted molar refractivity (Wildman–Crippen MR) is 85.2 cm³/mol. The number of nitrogens with one attached hydrogen (secondary N) is 2. The molecule has 1 heterocycles. The summed E-state index contributed by atoms with van der Waals surface area (Å²) in [6.45, 7) is 1.74. The monoisotopic (exact) mass is 282 g/mol. The van der Waals surface area contributed by atoms with Gasteiger partial charge in [-0.2, -0.15) is 0 Å². The van der Waals surface area contributed by atoms with Crippen molar-refractivity contribution < 1.29 is 0 Å². The van der Waals surface area contributed by atoms with E-state index < -0.39 is 0 Å². The summed E-state index contributed by atoms with van der Waals surface area (Å²) in [7, 11) is 0. The second kappa shape index (κ2) is 5.30. The minimum atomic E-state index is 0.0362. The Kier molecular flexibility index (Phi) is 3.30. The summed E-state index contributed by atoms with van der Waals surface area (Å²) >= 11 is 0. The smallest absolute Gasteiger partial charge is 0.252 e. The molecule has 1 aromatic carbocycles. The molecule has 2 aromatic rings. The first-order valence-electron chi connectivity index (χ1n) is 8.11. The molecule has 0 radical (unpaired) electrons. The van der Waals surface area contributed by atoms with Gasteiger partial charge < -0.3 is 10.3 Å². The van der Waals surface area contributed by atoms with Crippen LogP contribution in [0.5, 0.6) is 0 Å². The van der Waals surface area contributed by atoms with Crippen LogP contribution >= 0.6 is 0 Å². The third-order valence-electron chi connectivity index (χ3n) is 5.44. The number of benzene rings is 1. The molecule has 1 aromatic heterocycles. The molecular formula is C18H22N2O. The number of aromatic nitrogens is 1. The molecule has 21 heavy (non-hydrogen) atoms. The molecule has 2 saturated carbocycles. The summed E-state index contributed by atoms with van der Waals surface area (Å²) in [6.07, 6.45) is 5.72. The van der Waals surface area contributed by atoms with E-state index in [1.54, 1.807) is 0 Å². The summed E-state index contributed by atoms with van der Waals surface area (Å²) in [4.78, 5) is 15.1. The van der Waals surface area contributed by atoms with Crippen LogP contribution in [0.15, 0.2) is 35.1 Å². The quantitative estimate of drug-likeness (QED) is 0.905. The molecule has 3 atom stereocenters. The molecule has 3 heteroatoms. The zero-order chi connectivity index (χ0) is 14.2. The first kappa shape index (κ1) is 13.1. The van der Waals surface area contributed by atoms with Gasteiger partial charge in [-0.05, 0) is 61.1 Å². The zero-order valence-corrected chi connectivity index (χ0v) is 12.3. The number of pyridine rings is 1. The molecule has 4 rings (SSSR count). The molecule has 2 fully saturated rings. The van der Waals surface area contributed by atoms with Gasteiger partial charge >= 0.3 is 0 Å². The van der Waals surface area contributed by atoms with E-state index in [1.165, 1.54) is 25.7 Å². The van der Waals surface area contributed by atoms with Gasteiger partial charge in [0.2, 0.25) is 0 Å². The van der Waals surface area contributed by atoms with Crippen molar-refractivity contribution in [3.05, 3.63) is 46.2 Å². The first-order valence-corrected chi connectivity index (χ1v) is 8.11. The topological polar surface area (TPSA) is 44.9 Å². The lowest BCUT2D eigenvalue weighted by Gasteiger charge is -2.21. The van der Waals surface area contributed by atoms with Crippen LogP contribution in [0.2, 0.25) is 0 Å². The lowest BCUT2D eigenvalue weighted by Crippen LogP contribution is -2.28. The van der Waals surface area contributed by atoms with Crippen LogP contribution in [0.25, 0.3) is 10.9 Å². The van der Waals surface area contributed by atoms with Crippen molar-refractivity contribution in [2.24, 2.45) is 17.8 Å². The van der Waals surface area contributed by atoms with E-state index in [2.05, 4.69) is 10.3 Å². The van der Waals surface area contributed by atoms with Crippen molar-refractivity contribution in [3.8, 4) is 0 Å². The van der Waals surface area contributed by atoms with E-state index in [0.29, 0.717) is 6.54 Å². The molecular weight excluding hydrogens is 260 g/mol. The van der Waals surface area contributed by atoms with Gasteiger partial charge in [-0.15, -0.1) is 0 Å². The second-order valence-corrected chi connectivity index (χ2v) is 6.78. The van der Waals surface area contributed by atoms with Crippen LogP contribution < -0.4 is 10.9 Å². The Morgan fingerprint density at radius 2 is 2.10 bits per heavy atom. The normalized spacial score (nSPS) is 27.5. The number of hydrogen-bond acceptors (Lipinski definition) is 2. The van der Waals surface area contributed by atoms with E-state index in [9.17, 15) is 4.79 Å². The highest BCUT2D eigenvalue weighted by atomic mass is 16.1. The number of para-hydroxylation sites is 1. The predicted octanol–water partition coefficient (Wildman–Crippen LogP) is 3.05. The summed E-state index contributed by atoms with van der Waals surface area (Å²) in [5, 5.41) is 4.62. The molecule has 2 aliphatic carbocycles. The van der Waals surface area contributed by atoms with Gasteiger partial charge in [0.1, 0.15) is 0 Å². The van der Waals surface area contributed by atoms with Gasteiger partial charge in [-0.3, -0.25) is 4.79 Å². The van der Waals surface area contributed by atoms with Crippen molar-refractivity contribution in [3.63, 3.8) is 0 Å². The zero-order valence-electron chi connectivity index (χ0n) is 12.3. The molecule has 0 amide bonds. The summed E-state index contributed by atoms with van der Waals surface area (Å²) in [5.74, 6) is 2.77. The van der Waals surface area contributed by atoms with Crippen LogP contribution in [0.3, 0.4) is 0 Å². The molecule has 3 nitrogen and oxygen atoms in total. The average Bonchev–Trinajstić information content (AvgIpc) is 3.10. The first-order chi connectivity index (χ1) is 10.3. The Balaban J connectivity index is 1.42. The third-order valence-corrected chi connectivity index (χ3v) is 5.44. The number of hydrogen-bond donors (Lipinski definition) is 2. The van der Waals surface area contributed by atoms with Crippen molar-refractivity contribution >= 4 is 10.9 Å². The van der Waals surface area contributed by atoms with E-state index in [-0.39, 0.29) is 5.56 Å². The van der Waals surface area contributed by atoms with E-state index in [4.69, 9.17) is 0 Å². The van der Waals surface area contributed by atoms with Crippen LogP contribution in [-0.4, -0.2) is 11.5 Å². The molecule has 0 saturated heterocycles. The Morgan fingerprint density at radius 1 is 1.19 bits per heavy atom. The Bertz CT molecular complexity index is 706. The second-order valence-electron chi connectivity index (χ2n) is 6.78. The maximum absolute atomic E-state index is 12.1. The highest BCUT2D eigenvalue weighted by Gasteiger charge is 2.38. The van der Waals surface area contributed by atoms with Crippen molar-refractivity contribution in [2.75, 3.05) is 6.54 Å². The molecule has 2 bridgehead atoms. The third kappa shape index (κ3) is 2.51. The minimum absolute atomic E-state index is 0.0362. The fourth-order valence-electron chi connectivity index (χ4n) is 4.34. The summed E-state index contributed by atoms with van der Waals surface area (Å²) < 4.78 is 0. The van der Waals surface area contributed by atoms with E-state index in [1.807, 2.05) is 30.3 Å². The molecule has 3 unspecified atom stereocenters. The fraction of sp³-hybridized carbons (Fsp3) is 0.500.